The molecule has 1 heterocycles. The molecule has 0 radical (unpaired) electrons. The van der Waals surface area contributed by atoms with Crippen molar-refractivity contribution in [1.82, 2.24) is 0 Å². The summed E-state index contributed by atoms with van der Waals surface area (Å²) >= 11 is 7.47. The van der Waals surface area contributed by atoms with Crippen molar-refractivity contribution in [3.05, 3.63) is 63.5 Å². The van der Waals surface area contributed by atoms with Gasteiger partial charge in [-0.25, -0.2) is 4.79 Å². The lowest BCUT2D eigenvalue weighted by atomic mass is 10.1. The van der Waals surface area contributed by atoms with E-state index < -0.39 is 5.97 Å². The minimum absolute atomic E-state index is 0.178. The summed E-state index contributed by atoms with van der Waals surface area (Å²) < 4.78 is 5.54. The number of thiophene rings is 1. The van der Waals surface area contributed by atoms with Crippen molar-refractivity contribution in [1.29, 1.82) is 0 Å². The third-order valence-electron chi connectivity index (χ3n) is 3.65. The smallest absolute Gasteiger partial charge is 0.349 e. The molecular formula is C18H14ClNO3S. The van der Waals surface area contributed by atoms with Gasteiger partial charge in [0.2, 0.25) is 0 Å². The number of aryl methyl sites for hydroxylation is 1. The van der Waals surface area contributed by atoms with E-state index in [1.54, 1.807) is 24.3 Å². The van der Waals surface area contributed by atoms with Gasteiger partial charge in [-0.1, -0.05) is 29.8 Å². The van der Waals surface area contributed by atoms with Crippen molar-refractivity contribution < 1.29 is 14.3 Å². The number of rotatable bonds is 3. The molecule has 2 aromatic carbocycles. The highest BCUT2D eigenvalue weighted by Gasteiger charge is 2.18. The van der Waals surface area contributed by atoms with Gasteiger partial charge in [-0.3, -0.25) is 4.79 Å². The Labute approximate surface area is 148 Å². The molecule has 0 atom stereocenters. The number of halogens is 1. The fourth-order valence-corrected chi connectivity index (χ4v) is 3.86. The van der Waals surface area contributed by atoms with E-state index in [4.69, 9.17) is 16.3 Å². The minimum Gasteiger partial charge on any atom is -0.465 e. The fourth-order valence-electron chi connectivity index (χ4n) is 2.39. The van der Waals surface area contributed by atoms with E-state index in [1.165, 1.54) is 18.4 Å². The van der Waals surface area contributed by atoms with Crippen LogP contribution in [0.2, 0.25) is 5.02 Å². The maximum atomic E-state index is 12.4. The number of carbonyl (C=O) groups is 2. The average molecular weight is 360 g/mol. The van der Waals surface area contributed by atoms with E-state index in [2.05, 4.69) is 5.32 Å². The molecule has 6 heteroatoms. The second kappa shape index (κ2) is 6.63. The maximum absolute atomic E-state index is 12.4. The maximum Gasteiger partial charge on any atom is 0.349 e. The number of hydrogen-bond donors (Lipinski definition) is 1. The summed E-state index contributed by atoms with van der Waals surface area (Å²) in [5.41, 5.74) is 2.17. The van der Waals surface area contributed by atoms with Crippen LogP contribution < -0.4 is 5.32 Å². The number of anilines is 1. The molecule has 4 nitrogen and oxygen atoms in total. The summed E-state index contributed by atoms with van der Waals surface area (Å²) in [5, 5.41) is 4.01. The zero-order valence-corrected chi connectivity index (χ0v) is 14.6. The molecule has 0 fully saturated rings. The zero-order valence-electron chi connectivity index (χ0n) is 13.1. The monoisotopic (exact) mass is 359 g/mol. The van der Waals surface area contributed by atoms with Crippen molar-refractivity contribution in [3.63, 3.8) is 0 Å². The molecule has 0 unspecified atom stereocenters. The second-order valence-electron chi connectivity index (χ2n) is 5.22. The predicted molar refractivity (Wildman–Crippen MR) is 97.3 cm³/mol. The van der Waals surface area contributed by atoms with Crippen molar-refractivity contribution in [3.8, 4) is 0 Å². The van der Waals surface area contributed by atoms with Crippen LogP contribution in [-0.4, -0.2) is 19.0 Å². The van der Waals surface area contributed by atoms with Gasteiger partial charge in [0.15, 0.2) is 0 Å². The van der Waals surface area contributed by atoms with E-state index >= 15 is 0 Å². The molecule has 1 aromatic heterocycles. The van der Waals surface area contributed by atoms with Crippen LogP contribution in [0, 0.1) is 6.92 Å². The normalized spacial score (nSPS) is 10.6. The largest absolute Gasteiger partial charge is 0.465 e. The highest BCUT2D eigenvalue weighted by atomic mass is 35.5. The van der Waals surface area contributed by atoms with Crippen LogP contribution in [-0.2, 0) is 4.74 Å². The first-order chi connectivity index (χ1) is 11.5. The van der Waals surface area contributed by atoms with Crippen LogP contribution in [0.3, 0.4) is 0 Å². The van der Waals surface area contributed by atoms with E-state index in [0.29, 0.717) is 21.2 Å². The van der Waals surface area contributed by atoms with E-state index in [-0.39, 0.29) is 5.91 Å². The number of nitrogens with one attached hydrogen (secondary N) is 1. The molecule has 0 spiro atoms. The van der Waals surface area contributed by atoms with Crippen LogP contribution >= 0.6 is 22.9 Å². The molecule has 0 aliphatic heterocycles. The van der Waals surface area contributed by atoms with E-state index in [1.807, 2.05) is 25.1 Å². The van der Waals surface area contributed by atoms with Gasteiger partial charge in [0.25, 0.3) is 5.91 Å². The van der Waals surface area contributed by atoms with Crippen LogP contribution in [0.5, 0.6) is 0 Å². The van der Waals surface area contributed by atoms with Crippen LogP contribution in [0.15, 0.2) is 42.5 Å². The fraction of sp³-hybridized carbons (Fsp3) is 0.111. The Kier molecular flexibility index (Phi) is 4.55. The Balaban J connectivity index is 1.93. The lowest BCUT2D eigenvalue weighted by Gasteiger charge is -2.07. The first kappa shape index (κ1) is 16.5. The number of carbonyl (C=O) groups excluding carboxylic acids is 2. The summed E-state index contributed by atoms with van der Waals surface area (Å²) in [6, 6.07) is 12.7. The number of ether oxygens (including phenoxy) is 1. The number of hydrogen-bond acceptors (Lipinski definition) is 4. The molecule has 0 aliphatic carbocycles. The third kappa shape index (κ3) is 3.00. The van der Waals surface area contributed by atoms with Crippen molar-refractivity contribution in [2.45, 2.75) is 6.92 Å². The standard InChI is InChI=1S/C18H14ClNO3S/c1-10-5-3-4-6-12(10)17(21)20-11-7-8-13-14(9-11)24-16(15(13)19)18(22)23-2/h3-9H,1-2H3,(H,20,21). The quantitative estimate of drug-likeness (QED) is 0.676. The molecule has 122 valence electrons. The molecule has 0 bridgehead atoms. The number of amides is 1. The van der Waals surface area contributed by atoms with Gasteiger partial charge in [0.05, 0.1) is 12.1 Å². The molecule has 1 N–H and O–H groups in total. The summed E-state index contributed by atoms with van der Waals surface area (Å²) in [6.07, 6.45) is 0. The first-order valence-electron chi connectivity index (χ1n) is 7.18. The lowest BCUT2D eigenvalue weighted by Crippen LogP contribution is -2.13. The summed E-state index contributed by atoms with van der Waals surface area (Å²) in [6.45, 7) is 1.89. The number of esters is 1. The van der Waals surface area contributed by atoms with Crippen LogP contribution in [0.4, 0.5) is 5.69 Å². The third-order valence-corrected chi connectivity index (χ3v) is 5.29. The highest BCUT2D eigenvalue weighted by Crippen LogP contribution is 2.37. The number of benzene rings is 2. The van der Waals surface area contributed by atoms with Gasteiger partial charge in [-0.2, -0.15) is 0 Å². The highest BCUT2D eigenvalue weighted by molar-refractivity contribution is 7.21. The Bertz CT molecular complexity index is 949. The summed E-state index contributed by atoms with van der Waals surface area (Å²) in [4.78, 5) is 24.5. The molecule has 3 rings (SSSR count). The van der Waals surface area contributed by atoms with Crippen LogP contribution in [0.1, 0.15) is 25.6 Å². The Morgan fingerprint density at radius 2 is 1.92 bits per heavy atom. The molecule has 0 saturated carbocycles. The summed E-state index contributed by atoms with van der Waals surface area (Å²) in [7, 11) is 1.32. The van der Waals surface area contributed by atoms with E-state index in [0.717, 1.165) is 15.6 Å². The Morgan fingerprint density at radius 1 is 1.17 bits per heavy atom. The predicted octanol–water partition coefficient (Wildman–Crippen LogP) is 4.90. The first-order valence-corrected chi connectivity index (χ1v) is 8.38. The van der Waals surface area contributed by atoms with Crippen molar-refractivity contribution in [2.75, 3.05) is 12.4 Å². The van der Waals surface area contributed by atoms with E-state index in [9.17, 15) is 9.59 Å². The van der Waals surface area contributed by atoms with Gasteiger partial charge in [0, 0.05) is 21.3 Å². The van der Waals surface area contributed by atoms with Gasteiger partial charge in [-0.15, -0.1) is 11.3 Å². The van der Waals surface area contributed by atoms with Crippen molar-refractivity contribution >= 4 is 50.6 Å². The molecule has 0 aliphatic rings. The number of methoxy groups -OCH3 is 1. The molecular weight excluding hydrogens is 346 g/mol. The van der Waals surface area contributed by atoms with Gasteiger partial charge >= 0.3 is 5.97 Å². The van der Waals surface area contributed by atoms with Gasteiger partial charge in [0.1, 0.15) is 4.88 Å². The molecule has 3 aromatic rings. The number of fused-ring (bicyclic) bond motifs is 1. The average Bonchev–Trinajstić information content (AvgIpc) is 2.91. The summed E-state index contributed by atoms with van der Waals surface area (Å²) in [5.74, 6) is -0.644. The molecule has 1 amide bonds. The van der Waals surface area contributed by atoms with Gasteiger partial charge < -0.3 is 10.1 Å². The molecule has 0 saturated heterocycles. The minimum atomic E-state index is -0.466. The van der Waals surface area contributed by atoms with Gasteiger partial charge in [-0.05, 0) is 36.8 Å². The zero-order chi connectivity index (χ0) is 17.3. The molecule has 24 heavy (non-hydrogen) atoms. The van der Waals surface area contributed by atoms with Crippen molar-refractivity contribution in [2.24, 2.45) is 0 Å². The Hall–Kier alpha value is -2.37. The second-order valence-corrected chi connectivity index (χ2v) is 6.65. The van der Waals surface area contributed by atoms with Crippen LogP contribution in [0.25, 0.3) is 10.1 Å². The topological polar surface area (TPSA) is 55.4 Å². The SMILES string of the molecule is COC(=O)c1sc2cc(NC(=O)c3ccccc3C)ccc2c1Cl. The Morgan fingerprint density at radius 3 is 2.62 bits per heavy atom. The lowest BCUT2D eigenvalue weighted by molar-refractivity contribution is 0.0606.